The average molecular weight is 539 g/mol. The fourth-order valence-electron chi connectivity index (χ4n) is 1.59. The number of halogens is 4. The Morgan fingerprint density at radius 2 is 1.82 bits per heavy atom. The van der Waals surface area contributed by atoms with Gasteiger partial charge in [0.1, 0.15) is 12.1 Å². The molecule has 0 saturated heterocycles. The van der Waals surface area contributed by atoms with Crippen molar-refractivity contribution in [2.24, 2.45) is 4.99 Å². The molecule has 0 aromatic rings. The topological polar surface area (TPSA) is 108 Å². The predicted molar refractivity (Wildman–Crippen MR) is 113 cm³/mol. The van der Waals surface area contributed by atoms with Crippen LogP contribution in [0.3, 0.4) is 0 Å². The Balaban J connectivity index is 0. The number of aliphatic carboxylic acids is 1. The Morgan fingerprint density at radius 1 is 1.29 bits per heavy atom. The van der Waals surface area contributed by atoms with Crippen molar-refractivity contribution in [2.45, 2.75) is 58.3 Å². The highest BCUT2D eigenvalue weighted by Gasteiger charge is 2.41. The average Bonchev–Trinajstić information content (AvgIpc) is 2.59. The van der Waals surface area contributed by atoms with Crippen LogP contribution >= 0.6 is 30.1 Å². The molecule has 2 atom stereocenters. The molecule has 2 unspecified atom stereocenters. The number of rotatable bonds is 9. The quantitative estimate of drug-likeness (QED) is 0.307. The second kappa shape index (κ2) is 15.6. The van der Waals surface area contributed by atoms with E-state index in [1.807, 2.05) is 18.5 Å². The molecular weight excluding hydrogens is 514 g/mol. The molecule has 0 heterocycles. The molecule has 0 radical (unpaired) electrons. The van der Waals surface area contributed by atoms with Crippen molar-refractivity contribution in [3.63, 3.8) is 0 Å². The molecule has 0 aliphatic carbocycles. The highest BCUT2D eigenvalue weighted by molar-refractivity contribution is 14.2. The van der Waals surface area contributed by atoms with Crippen LogP contribution in [0.15, 0.2) is 16.8 Å². The fraction of sp³-hybridized carbons (Fsp3) is 0.625. The van der Waals surface area contributed by atoms with Gasteiger partial charge in [0.05, 0.1) is 0 Å². The van der Waals surface area contributed by atoms with Crippen molar-refractivity contribution in [2.75, 3.05) is 6.26 Å². The number of hydrogen-bond donors (Lipinski definition) is 3. The Hall–Kier alpha value is -1.31. The number of nitrogens with zero attached hydrogens (tertiary/aromatic N) is 1. The number of hydrogen-bond acceptors (Lipinski definition) is 5. The van der Waals surface area contributed by atoms with Gasteiger partial charge in [-0.25, -0.2) is 0 Å². The van der Waals surface area contributed by atoms with Gasteiger partial charge in [-0.3, -0.25) is 19.4 Å². The first-order valence-electron chi connectivity index (χ1n) is 8.17. The molecule has 0 rings (SSSR count). The predicted octanol–water partition coefficient (Wildman–Crippen LogP) is 3.49. The number of carbonyl (C=O) groups is 3. The van der Waals surface area contributed by atoms with Gasteiger partial charge in [0.2, 0.25) is 5.91 Å². The summed E-state index contributed by atoms with van der Waals surface area (Å²) in [7, 11) is 1.72. The summed E-state index contributed by atoms with van der Waals surface area (Å²) in [5.74, 6) is -4.69. The van der Waals surface area contributed by atoms with Gasteiger partial charge in [0.25, 0.3) is 0 Å². The van der Waals surface area contributed by atoms with Crippen molar-refractivity contribution in [3.8, 4) is 0 Å². The number of carbonyl (C=O) groups excluding carboxylic acids is 2. The molecule has 0 fully saturated rings. The second-order valence-electron chi connectivity index (χ2n) is 5.33. The molecule has 0 bridgehead atoms. The lowest BCUT2D eigenvalue weighted by Crippen LogP contribution is -2.53. The monoisotopic (exact) mass is 539 g/mol. The fourth-order valence-corrected chi connectivity index (χ4v) is 1.59. The first kappa shape index (κ1) is 28.9. The Kier molecular flexibility index (Phi) is 16.1. The lowest BCUT2D eigenvalue weighted by atomic mass is 10.1. The van der Waals surface area contributed by atoms with Crippen LogP contribution in [-0.2, 0) is 14.4 Å². The summed E-state index contributed by atoms with van der Waals surface area (Å²) in [4.78, 5) is 38.0. The van der Waals surface area contributed by atoms with Gasteiger partial charge >= 0.3 is 18.1 Å². The molecule has 0 aliphatic heterocycles. The summed E-state index contributed by atoms with van der Waals surface area (Å²) >= 11 is 2.20. The Labute approximate surface area is 178 Å². The number of aliphatic imine (C=N–C) groups is 1. The normalized spacial score (nSPS) is 13.9. The van der Waals surface area contributed by atoms with Crippen LogP contribution in [0.25, 0.3) is 0 Å². The van der Waals surface area contributed by atoms with Crippen molar-refractivity contribution in [1.29, 1.82) is 0 Å². The van der Waals surface area contributed by atoms with Gasteiger partial charge in [-0.2, -0.15) is 13.2 Å². The van der Waals surface area contributed by atoms with Crippen molar-refractivity contribution in [1.82, 2.24) is 10.6 Å². The van der Waals surface area contributed by atoms with E-state index in [0.29, 0.717) is 12.1 Å². The first-order chi connectivity index (χ1) is 12.9. The number of unbranched alkanes of at least 4 members (excludes halogenated alkanes) is 1. The lowest BCUT2D eigenvalue weighted by Gasteiger charge is -2.20. The maximum atomic E-state index is 12.4. The number of carboxylic acid groups (broad SMARTS) is 1. The number of allylic oxidation sites excluding steroid dienone is 1. The zero-order chi connectivity index (χ0) is 22.3. The van der Waals surface area contributed by atoms with E-state index in [1.165, 1.54) is 6.08 Å². The minimum Gasteiger partial charge on any atom is -0.480 e. The summed E-state index contributed by atoms with van der Waals surface area (Å²) in [6, 6.07) is -2.93. The maximum Gasteiger partial charge on any atom is 0.471 e. The van der Waals surface area contributed by atoms with Gasteiger partial charge in [0, 0.05) is 18.3 Å². The van der Waals surface area contributed by atoms with E-state index >= 15 is 0 Å². The zero-order valence-corrected chi connectivity index (χ0v) is 18.9. The molecule has 7 nitrogen and oxygen atoms in total. The van der Waals surface area contributed by atoms with Crippen LogP contribution in [0.2, 0.25) is 0 Å². The number of amides is 2. The molecule has 162 valence electrons. The highest BCUT2D eigenvalue weighted by atomic mass is 127. The van der Waals surface area contributed by atoms with Crippen LogP contribution in [-0.4, -0.2) is 53.6 Å². The smallest absolute Gasteiger partial charge is 0.471 e. The molecule has 12 heteroatoms. The highest BCUT2D eigenvalue weighted by Crippen LogP contribution is 2.16. The summed E-state index contributed by atoms with van der Waals surface area (Å²) in [5, 5.41) is 12.4. The minimum atomic E-state index is -5.17. The van der Waals surface area contributed by atoms with Crippen molar-refractivity contribution >= 4 is 54.1 Å². The van der Waals surface area contributed by atoms with Crippen LogP contribution in [0.4, 0.5) is 13.2 Å². The van der Waals surface area contributed by atoms with E-state index in [4.69, 9.17) is 5.11 Å². The first-order valence-corrected chi connectivity index (χ1v) is 11.9. The van der Waals surface area contributed by atoms with Crippen LogP contribution in [0, 0.1) is 0 Å². The number of carboxylic acids is 1. The van der Waals surface area contributed by atoms with Crippen LogP contribution in [0.5, 0.6) is 0 Å². The molecule has 3 N–H and O–H groups in total. The summed E-state index contributed by atoms with van der Waals surface area (Å²) in [6.07, 6.45) is 1.04. The SMILES string of the molecule is C/C=C(/CC(NC(=O)C(F)(F)F)C(=O)NC(C)C(=O)O)N=CCCC.CSI. The summed E-state index contributed by atoms with van der Waals surface area (Å²) in [6.45, 7) is 4.65. The van der Waals surface area contributed by atoms with Crippen LogP contribution < -0.4 is 10.6 Å². The van der Waals surface area contributed by atoms with Crippen molar-refractivity contribution in [3.05, 3.63) is 11.8 Å². The Morgan fingerprint density at radius 3 is 2.21 bits per heavy atom. The van der Waals surface area contributed by atoms with Crippen molar-refractivity contribution < 1.29 is 32.7 Å². The lowest BCUT2D eigenvalue weighted by molar-refractivity contribution is -0.174. The van der Waals surface area contributed by atoms with Gasteiger partial charge in [-0.05, 0) is 47.7 Å². The van der Waals surface area contributed by atoms with Crippen LogP contribution in [0.1, 0.15) is 40.0 Å². The third-order valence-electron chi connectivity index (χ3n) is 3.03. The summed E-state index contributed by atoms with van der Waals surface area (Å²) < 4.78 is 37.3. The number of nitrogens with one attached hydrogen (secondary N) is 2. The maximum absolute atomic E-state index is 12.4. The molecule has 0 aliphatic rings. The van der Waals surface area contributed by atoms with E-state index in [1.54, 1.807) is 27.4 Å². The summed E-state index contributed by atoms with van der Waals surface area (Å²) in [5.41, 5.74) is 0.291. The molecule has 0 aromatic heterocycles. The van der Waals surface area contributed by atoms with E-state index in [-0.39, 0.29) is 6.42 Å². The molecule has 2 amide bonds. The molecule has 0 aromatic carbocycles. The van der Waals surface area contributed by atoms with E-state index < -0.39 is 36.0 Å². The zero-order valence-electron chi connectivity index (χ0n) is 16.0. The number of alkyl halides is 3. The third kappa shape index (κ3) is 13.8. The van der Waals surface area contributed by atoms with E-state index in [0.717, 1.165) is 13.3 Å². The van der Waals surface area contributed by atoms with Gasteiger partial charge in [-0.1, -0.05) is 28.4 Å². The molecule has 28 heavy (non-hydrogen) atoms. The standard InChI is InChI=1S/C15H22F3N3O4.CH3IS/c1-4-6-7-19-10(5-2)8-11(21-14(25)15(16,17)18)12(22)20-9(3)13(23)24;1-3-2/h5,7,9,11H,4,6,8H2,1-3H3,(H,20,22)(H,21,25)(H,23,24);1H3/b10-5-,19-7?;. The van der Waals surface area contributed by atoms with E-state index in [2.05, 4.69) is 26.2 Å². The molecule has 0 spiro atoms. The van der Waals surface area contributed by atoms with Gasteiger partial charge < -0.3 is 15.7 Å². The van der Waals surface area contributed by atoms with Gasteiger partial charge in [-0.15, -0.1) is 0 Å². The largest absolute Gasteiger partial charge is 0.480 e. The van der Waals surface area contributed by atoms with E-state index in [9.17, 15) is 27.6 Å². The minimum absolute atomic E-state index is 0.291. The molecular formula is C16H25F3IN3O4S. The second-order valence-corrected chi connectivity index (χ2v) is 8.28. The third-order valence-corrected chi connectivity index (χ3v) is 3.03. The van der Waals surface area contributed by atoms with Gasteiger partial charge in [0.15, 0.2) is 0 Å². The molecule has 0 saturated carbocycles. The Bertz CT molecular complexity index is 572.